The van der Waals surface area contributed by atoms with Gasteiger partial charge in [-0.05, 0) is 30.7 Å². The van der Waals surface area contributed by atoms with Crippen molar-refractivity contribution in [1.82, 2.24) is 0 Å². The van der Waals surface area contributed by atoms with Gasteiger partial charge in [0.05, 0.1) is 0 Å². The fraction of sp³-hybridized carbons (Fsp3) is 0.333. The predicted molar refractivity (Wildman–Crippen MR) is 58.5 cm³/mol. The smallest absolute Gasteiger partial charge is 0.116 e. The lowest BCUT2D eigenvalue weighted by Crippen LogP contribution is -2.05. The molecule has 2 nitrogen and oxygen atoms in total. The Morgan fingerprint density at radius 1 is 1.54 bits per heavy atom. The second kappa shape index (κ2) is 4.63. The molecule has 1 aromatic carbocycles. The van der Waals surface area contributed by atoms with E-state index in [4.69, 9.17) is 11.6 Å². The molecule has 0 heterocycles. The molecule has 0 amide bonds. The summed E-state index contributed by atoms with van der Waals surface area (Å²) in [6.45, 7) is 3.79. The number of anilines is 1. The van der Waals surface area contributed by atoms with Crippen LogP contribution in [0.4, 0.5) is 5.69 Å². The highest BCUT2D eigenvalue weighted by molar-refractivity contribution is 7.86. The van der Waals surface area contributed by atoms with Gasteiger partial charge in [0.1, 0.15) is 11.0 Å². The lowest BCUT2D eigenvalue weighted by molar-refractivity contribution is 0.687. The molecule has 0 aliphatic heterocycles. The number of halogens is 1. The zero-order valence-corrected chi connectivity index (χ0v) is 9.21. The molecule has 1 atom stereocenters. The number of nitrogens with one attached hydrogen (secondary N) is 1. The maximum absolute atomic E-state index is 11.1. The highest BCUT2D eigenvalue weighted by atomic mass is 35.5. The van der Waals surface area contributed by atoms with Gasteiger partial charge in [-0.2, -0.15) is 0 Å². The Bertz CT molecular complexity index is 327. The molecule has 0 saturated heterocycles. The Balaban J connectivity index is 2.79. The monoisotopic (exact) mass is 217 g/mol. The fourth-order valence-corrected chi connectivity index (χ4v) is 1.56. The minimum Gasteiger partial charge on any atom is -0.305 e. The van der Waals surface area contributed by atoms with Crippen LogP contribution in [0.25, 0.3) is 0 Å². The maximum Gasteiger partial charge on any atom is 0.116 e. The summed E-state index contributed by atoms with van der Waals surface area (Å²) in [5, 5.41) is 0.729. The van der Waals surface area contributed by atoms with E-state index in [1.54, 1.807) is 6.07 Å². The summed E-state index contributed by atoms with van der Waals surface area (Å²) < 4.78 is 14.0. The molecule has 4 heteroatoms. The van der Waals surface area contributed by atoms with Crippen molar-refractivity contribution >= 4 is 28.3 Å². The standard InChI is InChI=1S/C9H12ClNOS/c1-3-13(12)11-8-4-5-9(10)7(2)6-8/h4-6,11H,3H2,1-2H3. The van der Waals surface area contributed by atoms with Gasteiger partial charge >= 0.3 is 0 Å². The van der Waals surface area contributed by atoms with Crippen molar-refractivity contribution in [2.24, 2.45) is 0 Å². The molecule has 1 rings (SSSR count). The highest BCUT2D eigenvalue weighted by Crippen LogP contribution is 2.19. The van der Waals surface area contributed by atoms with Crippen molar-refractivity contribution in [3.05, 3.63) is 28.8 Å². The minimum absolute atomic E-state index is 0.599. The molecule has 0 aliphatic carbocycles. The molecule has 0 radical (unpaired) electrons. The fourth-order valence-electron chi connectivity index (χ4n) is 0.912. The zero-order valence-electron chi connectivity index (χ0n) is 7.63. The summed E-state index contributed by atoms with van der Waals surface area (Å²) in [7, 11) is -0.986. The van der Waals surface area contributed by atoms with Crippen molar-refractivity contribution in [3.63, 3.8) is 0 Å². The molecular weight excluding hydrogens is 206 g/mol. The summed E-state index contributed by atoms with van der Waals surface area (Å²) in [5.41, 5.74) is 1.84. The Labute approximate surface area is 85.9 Å². The van der Waals surface area contributed by atoms with Gasteiger partial charge in [0.25, 0.3) is 0 Å². The molecule has 0 aromatic heterocycles. The number of hydrogen-bond donors (Lipinski definition) is 1. The summed E-state index contributed by atoms with van der Waals surface area (Å²) in [4.78, 5) is 0. The average molecular weight is 218 g/mol. The molecule has 0 saturated carbocycles. The molecular formula is C9H12ClNOS. The van der Waals surface area contributed by atoms with Crippen molar-refractivity contribution in [2.75, 3.05) is 10.5 Å². The maximum atomic E-state index is 11.1. The molecule has 0 aliphatic rings. The van der Waals surface area contributed by atoms with Gasteiger partial charge in [0.2, 0.25) is 0 Å². The number of aryl methyl sites for hydroxylation is 1. The summed E-state index contributed by atoms with van der Waals surface area (Å²) >= 11 is 5.85. The Hall–Kier alpha value is -0.540. The van der Waals surface area contributed by atoms with Gasteiger partial charge in [-0.25, -0.2) is 4.21 Å². The van der Waals surface area contributed by atoms with E-state index >= 15 is 0 Å². The number of hydrogen-bond acceptors (Lipinski definition) is 1. The van der Waals surface area contributed by atoms with Gasteiger partial charge < -0.3 is 4.72 Å². The van der Waals surface area contributed by atoms with E-state index in [1.165, 1.54) is 0 Å². The molecule has 72 valence electrons. The van der Waals surface area contributed by atoms with Gasteiger partial charge in [0.15, 0.2) is 0 Å². The predicted octanol–water partition coefficient (Wildman–Crippen LogP) is 2.74. The van der Waals surface area contributed by atoms with E-state index in [2.05, 4.69) is 4.72 Å². The van der Waals surface area contributed by atoms with Crippen molar-refractivity contribution in [3.8, 4) is 0 Å². The SMILES string of the molecule is CCS(=O)Nc1ccc(Cl)c(C)c1. The van der Waals surface area contributed by atoms with Gasteiger partial charge in [-0.3, -0.25) is 0 Å². The second-order valence-corrected chi connectivity index (χ2v) is 4.58. The molecule has 1 N–H and O–H groups in total. The van der Waals surface area contributed by atoms with E-state index in [0.29, 0.717) is 5.75 Å². The largest absolute Gasteiger partial charge is 0.305 e. The lowest BCUT2D eigenvalue weighted by atomic mass is 10.2. The lowest BCUT2D eigenvalue weighted by Gasteiger charge is -2.05. The van der Waals surface area contributed by atoms with Crippen LogP contribution in [-0.2, 0) is 11.0 Å². The van der Waals surface area contributed by atoms with Crippen LogP contribution in [0, 0.1) is 6.92 Å². The molecule has 0 spiro atoms. The molecule has 0 fully saturated rings. The van der Waals surface area contributed by atoms with Crippen LogP contribution >= 0.6 is 11.6 Å². The van der Waals surface area contributed by atoms with E-state index in [9.17, 15) is 4.21 Å². The summed E-state index contributed by atoms with van der Waals surface area (Å²) in [5.74, 6) is 0.599. The Kier molecular flexibility index (Phi) is 3.75. The number of rotatable bonds is 3. The third-order valence-corrected chi connectivity index (χ3v) is 3.06. The number of benzene rings is 1. The van der Waals surface area contributed by atoms with Gasteiger partial charge in [-0.15, -0.1) is 0 Å². The molecule has 1 aromatic rings. The van der Waals surface area contributed by atoms with E-state index in [0.717, 1.165) is 16.3 Å². The van der Waals surface area contributed by atoms with Crippen LogP contribution in [0.5, 0.6) is 0 Å². The molecule has 13 heavy (non-hydrogen) atoms. The minimum atomic E-state index is -0.986. The van der Waals surface area contributed by atoms with Crippen molar-refractivity contribution in [2.45, 2.75) is 13.8 Å². The topological polar surface area (TPSA) is 29.1 Å². The van der Waals surface area contributed by atoms with Crippen LogP contribution < -0.4 is 4.72 Å². The van der Waals surface area contributed by atoms with Crippen LogP contribution in [0.1, 0.15) is 12.5 Å². The van der Waals surface area contributed by atoms with E-state index < -0.39 is 11.0 Å². The van der Waals surface area contributed by atoms with E-state index in [1.807, 2.05) is 26.0 Å². The Morgan fingerprint density at radius 2 is 2.23 bits per heavy atom. The van der Waals surface area contributed by atoms with Crippen molar-refractivity contribution < 1.29 is 4.21 Å². The normalized spacial score (nSPS) is 12.5. The molecule has 1 unspecified atom stereocenters. The molecule has 0 bridgehead atoms. The summed E-state index contributed by atoms with van der Waals surface area (Å²) in [6, 6.07) is 5.50. The quantitative estimate of drug-likeness (QED) is 0.829. The summed E-state index contributed by atoms with van der Waals surface area (Å²) in [6.07, 6.45) is 0. The first-order chi connectivity index (χ1) is 6.13. The van der Waals surface area contributed by atoms with Crippen LogP contribution in [0.2, 0.25) is 5.02 Å². The van der Waals surface area contributed by atoms with Crippen molar-refractivity contribution in [1.29, 1.82) is 0 Å². The Morgan fingerprint density at radius 3 is 2.77 bits per heavy atom. The average Bonchev–Trinajstić information content (AvgIpc) is 2.11. The third-order valence-electron chi connectivity index (χ3n) is 1.65. The first-order valence-corrected chi connectivity index (χ1v) is 5.74. The van der Waals surface area contributed by atoms with E-state index in [-0.39, 0.29) is 0 Å². The van der Waals surface area contributed by atoms with Crippen LogP contribution in [0.15, 0.2) is 18.2 Å². The van der Waals surface area contributed by atoms with Gasteiger partial charge in [0, 0.05) is 16.5 Å². The highest BCUT2D eigenvalue weighted by Gasteiger charge is 1.99. The van der Waals surface area contributed by atoms with Crippen LogP contribution in [0.3, 0.4) is 0 Å². The second-order valence-electron chi connectivity index (χ2n) is 2.70. The zero-order chi connectivity index (χ0) is 9.84. The van der Waals surface area contributed by atoms with Gasteiger partial charge in [-0.1, -0.05) is 18.5 Å². The first kappa shape index (κ1) is 10.5. The first-order valence-electron chi connectivity index (χ1n) is 4.04. The van der Waals surface area contributed by atoms with Crippen LogP contribution in [-0.4, -0.2) is 9.96 Å². The third kappa shape index (κ3) is 3.01.